The van der Waals surface area contributed by atoms with Gasteiger partial charge in [0.15, 0.2) is 0 Å². The highest BCUT2D eigenvalue weighted by Gasteiger charge is 2.32. The first-order valence-electron chi connectivity index (χ1n) is 8.93. The second kappa shape index (κ2) is 7.24. The number of hydrogen-bond acceptors (Lipinski definition) is 3. The van der Waals surface area contributed by atoms with Crippen LogP contribution in [0.1, 0.15) is 58.3 Å². The monoisotopic (exact) mass is 280 g/mol. The third-order valence-corrected chi connectivity index (χ3v) is 5.75. The third-order valence-electron chi connectivity index (χ3n) is 5.75. The Balaban J connectivity index is 1.40. The van der Waals surface area contributed by atoms with Crippen LogP contribution in [0.4, 0.5) is 0 Å². The first kappa shape index (κ1) is 14.8. The van der Waals surface area contributed by atoms with E-state index < -0.39 is 0 Å². The first-order valence-corrected chi connectivity index (χ1v) is 8.93. The van der Waals surface area contributed by atoms with Gasteiger partial charge in [0.25, 0.3) is 0 Å². The van der Waals surface area contributed by atoms with Crippen molar-refractivity contribution in [2.24, 2.45) is 5.92 Å². The second-order valence-electron chi connectivity index (χ2n) is 7.08. The van der Waals surface area contributed by atoms with Gasteiger partial charge < -0.3 is 10.1 Å². The van der Waals surface area contributed by atoms with Gasteiger partial charge in [0.1, 0.15) is 0 Å². The third kappa shape index (κ3) is 3.55. The van der Waals surface area contributed by atoms with Gasteiger partial charge in [-0.15, -0.1) is 0 Å². The lowest BCUT2D eigenvalue weighted by atomic mass is 9.78. The van der Waals surface area contributed by atoms with Gasteiger partial charge in [-0.3, -0.25) is 4.90 Å². The van der Waals surface area contributed by atoms with E-state index in [0.717, 1.165) is 25.1 Å². The molecule has 20 heavy (non-hydrogen) atoms. The van der Waals surface area contributed by atoms with Gasteiger partial charge in [0.05, 0.1) is 6.10 Å². The molecule has 3 aliphatic rings. The van der Waals surface area contributed by atoms with Crippen LogP contribution in [-0.2, 0) is 4.74 Å². The van der Waals surface area contributed by atoms with Crippen molar-refractivity contribution >= 4 is 0 Å². The lowest BCUT2D eigenvalue weighted by molar-refractivity contribution is 0.0556. The molecule has 0 spiro atoms. The van der Waals surface area contributed by atoms with Crippen LogP contribution in [0.2, 0.25) is 0 Å². The summed E-state index contributed by atoms with van der Waals surface area (Å²) in [4.78, 5) is 2.78. The van der Waals surface area contributed by atoms with Gasteiger partial charge in [-0.1, -0.05) is 12.8 Å². The Bertz CT molecular complexity index is 289. The minimum Gasteiger partial charge on any atom is -0.377 e. The number of likely N-dealkylation sites (tertiary alicyclic amines) is 1. The van der Waals surface area contributed by atoms with E-state index in [0.29, 0.717) is 12.1 Å². The van der Waals surface area contributed by atoms with Crippen molar-refractivity contribution in [2.45, 2.75) is 76.5 Å². The van der Waals surface area contributed by atoms with Gasteiger partial charge in [-0.05, 0) is 57.9 Å². The first-order chi connectivity index (χ1) is 9.84. The molecule has 0 aromatic rings. The van der Waals surface area contributed by atoms with Crippen LogP contribution in [0.3, 0.4) is 0 Å². The molecule has 0 radical (unpaired) electrons. The maximum absolute atomic E-state index is 5.77. The average molecular weight is 280 g/mol. The van der Waals surface area contributed by atoms with Gasteiger partial charge >= 0.3 is 0 Å². The molecular weight excluding hydrogens is 248 g/mol. The summed E-state index contributed by atoms with van der Waals surface area (Å²) < 4.78 is 5.77. The highest BCUT2D eigenvalue weighted by atomic mass is 16.5. The molecule has 0 bridgehead atoms. The van der Waals surface area contributed by atoms with E-state index >= 15 is 0 Å². The molecule has 3 rings (SSSR count). The molecule has 1 aliphatic carbocycles. The fourth-order valence-electron chi connectivity index (χ4n) is 4.57. The van der Waals surface area contributed by atoms with Crippen molar-refractivity contribution in [2.75, 3.05) is 26.2 Å². The summed E-state index contributed by atoms with van der Waals surface area (Å²) in [5, 5.41) is 3.70. The molecule has 0 aromatic heterocycles. The van der Waals surface area contributed by atoms with Crippen LogP contribution in [-0.4, -0.2) is 49.3 Å². The predicted octanol–water partition coefficient (Wildman–Crippen LogP) is 2.80. The summed E-state index contributed by atoms with van der Waals surface area (Å²) in [6.45, 7) is 6.95. The van der Waals surface area contributed by atoms with Gasteiger partial charge in [-0.25, -0.2) is 0 Å². The summed E-state index contributed by atoms with van der Waals surface area (Å²) >= 11 is 0. The van der Waals surface area contributed by atoms with E-state index in [1.165, 1.54) is 64.5 Å². The summed E-state index contributed by atoms with van der Waals surface area (Å²) in [5.41, 5.74) is 0. The largest absolute Gasteiger partial charge is 0.377 e. The zero-order chi connectivity index (χ0) is 13.8. The molecule has 2 aliphatic heterocycles. The van der Waals surface area contributed by atoms with Crippen molar-refractivity contribution < 1.29 is 4.74 Å². The Hall–Kier alpha value is -0.120. The Labute approximate surface area is 124 Å². The van der Waals surface area contributed by atoms with Crippen molar-refractivity contribution in [3.63, 3.8) is 0 Å². The number of nitrogens with zero attached hydrogens (tertiary/aromatic N) is 1. The van der Waals surface area contributed by atoms with E-state index in [2.05, 4.69) is 17.1 Å². The topological polar surface area (TPSA) is 24.5 Å². The number of hydrogen-bond donors (Lipinski definition) is 1. The Morgan fingerprint density at radius 2 is 1.95 bits per heavy atom. The Morgan fingerprint density at radius 3 is 2.80 bits per heavy atom. The van der Waals surface area contributed by atoms with E-state index in [1.807, 2.05) is 0 Å². The van der Waals surface area contributed by atoms with E-state index in [4.69, 9.17) is 4.74 Å². The molecule has 3 nitrogen and oxygen atoms in total. The maximum Gasteiger partial charge on any atom is 0.0726 e. The van der Waals surface area contributed by atoms with Gasteiger partial charge in [0, 0.05) is 31.8 Å². The fourth-order valence-corrected chi connectivity index (χ4v) is 4.57. The molecule has 2 heterocycles. The molecule has 4 atom stereocenters. The smallest absolute Gasteiger partial charge is 0.0726 e. The number of rotatable bonds is 5. The molecular formula is C17H32N2O. The molecule has 1 saturated carbocycles. The molecule has 2 unspecified atom stereocenters. The molecule has 2 saturated heterocycles. The minimum atomic E-state index is 0.457. The molecule has 0 amide bonds. The van der Waals surface area contributed by atoms with Gasteiger partial charge in [0.2, 0.25) is 0 Å². The van der Waals surface area contributed by atoms with Crippen molar-refractivity contribution in [3.8, 4) is 0 Å². The fraction of sp³-hybridized carbons (Fsp3) is 1.00. The number of ether oxygens (including phenoxy) is 1. The lowest BCUT2D eigenvalue weighted by Gasteiger charge is -2.44. The molecule has 3 heteroatoms. The normalized spacial score (nSPS) is 36.8. The quantitative estimate of drug-likeness (QED) is 0.838. The lowest BCUT2D eigenvalue weighted by Crippen LogP contribution is -2.50. The molecule has 3 fully saturated rings. The van der Waals surface area contributed by atoms with Crippen LogP contribution in [0.25, 0.3) is 0 Å². The van der Waals surface area contributed by atoms with Crippen LogP contribution in [0, 0.1) is 5.92 Å². The highest BCUT2D eigenvalue weighted by Crippen LogP contribution is 2.34. The molecule has 0 aromatic carbocycles. The van der Waals surface area contributed by atoms with Crippen molar-refractivity contribution in [1.29, 1.82) is 0 Å². The average Bonchev–Trinajstić information content (AvgIpc) is 3.02. The zero-order valence-corrected chi connectivity index (χ0v) is 13.2. The van der Waals surface area contributed by atoms with E-state index in [1.54, 1.807) is 0 Å². The van der Waals surface area contributed by atoms with Crippen molar-refractivity contribution in [3.05, 3.63) is 0 Å². The second-order valence-corrected chi connectivity index (χ2v) is 7.08. The number of nitrogens with one attached hydrogen (secondary N) is 1. The van der Waals surface area contributed by atoms with Crippen LogP contribution in [0.15, 0.2) is 0 Å². The predicted molar refractivity (Wildman–Crippen MR) is 83.0 cm³/mol. The Morgan fingerprint density at radius 1 is 1.10 bits per heavy atom. The van der Waals surface area contributed by atoms with E-state index in [9.17, 15) is 0 Å². The Kier molecular flexibility index (Phi) is 5.36. The highest BCUT2D eigenvalue weighted by molar-refractivity contribution is 4.87. The van der Waals surface area contributed by atoms with Crippen LogP contribution >= 0.6 is 0 Å². The standard InChI is InChI=1S/C17H32N2O/c1-14(17-9-5-13-20-17)18-10-12-19-11-4-7-15-6-2-3-8-16(15)19/h14-18H,2-13H2,1H3/t14?,15-,16-,17?/m1/s1. The number of piperidine rings is 1. The molecule has 116 valence electrons. The van der Waals surface area contributed by atoms with Crippen LogP contribution in [0.5, 0.6) is 0 Å². The zero-order valence-electron chi connectivity index (χ0n) is 13.2. The summed E-state index contributed by atoms with van der Waals surface area (Å²) in [7, 11) is 0. The summed E-state index contributed by atoms with van der Waals surface area (Å²) in [6, 6.07) is 1.42. The summed E-state index contributed by atoms with van der Waals surface area (Å²) in [5.74, 6) is 1.01. The SMILES string of the molecule is CC(NCCN1CCC[C@H]2CCCC[C@H]21)C1CCCO1. The number of fused-ring (bicyclic) bond motifs is 1. The van der Waals surface area contributed by atoms with Gasteiger partial charge in [-0.2, -0.15) is 0 Å². The summed E-state index contributed by atoms with van der Waals surface area (Å²) in [6.07, 6.45) is 11.7. The molecule has 1 N–H and O–H groups in total. The van der Waals surface area contributed by atoms with E-state index in [-0.39, 0.29) is 0 Å². The van der Waals surface area contributed by atoms with Crippen molar-refractivity contribution in [1.82, 2.24) is 10.2 Å². The maximum atomic E-state index is 5.77. The van der Waals surface area contributed by atoms with Crippen LogP contribution < -0.4 is 5.32 Å². The minimum absolute atomic E-state index is 0.457.